The van der Waals surface area contributed by atoms with Crippen LogP contribution >= 0.6 is 11.3 Å². The Morgan fingerprint density at radius 1 is 1.50 bits per heavy atom. The number of ether oxygens (including phenoxy) is 2. The predicted molar refractivity (Wildman–Crippen MR) is 85.2 cm³/mol. The fraction of sp³-hybridized carbons (Fsp3) is 0.750. The Kier molecular flexibility index (Phi) is 5.44. The first-order valence-electron chi connectivity index (χ1n) is 8.11. The van der Waals surface area contributed by atoms with Gasteiger partial charge >= 0.3 is 0 Å². The molecule has 122 valence electrons. The van der Waals surface area contributed by atoms with Gasteiger partial charge in [-0.3, -0.25) is 4.79 Å². The molecule has 2 saturated heterocycles. The molecule has 2 atom stereocenters. The van der Waals surface area contributed by atoms with Crippen LogP contribution in [0.1, 0.15) is 42.3 Å². The van der Waals surface area contributed by atoms with E-state index in [9.17, 15) is 4.79 Å². The van der Waals surface area contributed by atoms with Gasteiger partial charge < -0.3 is 14.4 Å². The van der Waals surface area contributed by atoms with Crippen molar-refractivity contribution in [3.63, 3.8) is 0 Å². The molecular weight excluding hydrogens is 300 g/mol. The first-order chi connectivity index (χ1) is 10.7. The number of carbonyl (C=O) groups excluding carboxylic acids is 1. The van der Waals surface area contributed by atoms with Crippen LogP contribution in [0.15, 0.2) is 5.38 Å². The van der Waals surface area contributed by atoms with Crippen molar-refractivity contribution in [2.75, 3.05) is 32.9 Å². The van der Waals surface area contributed by atoms with Crippen molar-refractivity contribution >= 4 is 17.2 Å². The third-order valence-corrected chi connectivity index (χ3v) is 5.44. The van der Waals surface area contributed by atoms with Gasteiger partial charge in [0.15, 0.2) is 0 Å². The molecule has 6 heteroatoms. The summed E-state index contributed by atoms with van der Waals surface area (Å²) in [7, 11) is 0. The Morgan fingerprint density at radius 2 is 2.41 bits per heavy atom. The zero-order valence-electron chi connectivity index (χ0n) is 13.1. The average molecular weight is 324 g/mol. The van der Waals surface area contributed by atoms with Crippen molar-refractivity contribution in [2.24, 2.45) is 0 Å². The number of hydrogen-bond donors (Lipinski definition) is 0. The SMILES string of the molecule is Cc1csc([C@@H]2CCCN(C(=O)COC[C@@H]3CCCO3)C2)n1. The van der Waals surface area contributed by atoms with Crippen LogP contribution in [0.25, 0.3) is 0 Å². The smallest absolute Gasteiger partial charge is 0.248 e. The summed E-state index contributed by atoms with van der Waals surface area (Å²) >= 11 is 1.71. The largest absolute Gasteiger partial charge is 0.376 e. The lowest BCUT2D eigenvalue weighted by molar-refractivity contribution is -0.138. The van der Waals surface area contributed by atoms with Crippen LogP contribution in [-0.4, -0.2) is 54.8 Å². The average Bonchev–Trinajstić information content (AvgIpc) is 3.19. The second-order valence-electron chi connectivity index (χ2n) is 6.16. The monoisotopic (exact) mass is 324 g/mol. The molecule has 2 aliphatic heterocycles. The van der Waals surface area contributed by atoms with E-state index in [2.05, 4.69) is 10.4 Å². The second kappa shape index (κ2) is 7.53. The van der Waals surface area contributed by atoms with Gasteiger partial charge in [-0.05, 0) is 32.6 Å². The summed E-state index contributed by atoms with van der Waals surface area (Å²) in [5, 5.41) is 3.25. The number of hydrogen-bond acceptors (Lipinski definition) is 5. The number of rotatable bonds is 5. The van der Waals surface area contributed by atoms with Gasteiger partial charge in [-0.2, -0.15) is 0 Å². The quantitative estimate of drug-likeness (QED) is 0.834. The molecule has 1 aromatic rings. The number of amides is 1. The van der Waals surface area contributed by atoms with Crippen molar-refractivity contribution in [3.8, 4) is 0 Å². The lowest BCUT2D eigenvalue weighted by Crippen LogP contribution is -2.41. The van der Waals surface area contributed by atoms with Crippen molar-refractivity contribution < 1.29 is 14.3 Å². The van der Waals surface area contributed by atoms with E-state index < -0.39 is 0 Å². The molecule has 0 bridgehead atoms. The molecule has 3 rings (SSSR count). The molecule has 0 unspecified atom stereocenters. The Labute approximate surface area is 135 Å². The minimum atomic E-state index is 0.0935. The zero-order valence-corrected chi connectivity index (χ0v) is 13.9. The first-order valence-corrected chi connectivity index (χ1v) is 8.99. The van der Waals surface area contributed by atoms with E-state index in [0.717, 1.165) is 56.1 Å². The standard InChI is InChI=1S/C16H24N2O3S/c1-12-11-22-16(17-12)13-4-2-6-18(8-13)15(19)10-20-9-14-5-3-7-21-14/h11,13-14H,2-10H2,1H3/t13-,14+/m1/s1. The highest BCUT2D eigenvalue weighted by Gasteiger charge is 2.26. The van der Waals surface area contributed by atoms with Crippen LogP contribution in [-0.2, 0) is 14.3 Å². The van der Waals surface area contributed by atoms with Gasteiger partial charge in [-0.1, -0.05) is 0 Å². The minimum Gasteiger partial charge on any atom is -0.376 e. The maximum Gasteiger partial charge on any atom is 0.248 e. The number of thiazole rings is 1. The highest BCUT2D eigenvalue weighted by Crippen LogP contribution is 2.29. The Hall–Kier alpha value is -0.980. The molecule has 2 fully saturated rings. The van der Waals surface area contributed by atoms with Crippen molar-refractivity contribution in [3.05, 3.63) is 16.1 Å². The van der Waals surface area contributed by atoms with E-state index in [1.165, 1.54) is 0 Å². The molecule has 0 spiro atoms. The molecule has 0 radical (unpaired) electrons. The summed E-state index contributed by atoms with van der Waals surface area (Å²) < 4.78 is 11.0. The van der Waals surface area contributed by atoms with E-state index in [-0.39, 0.29) is 18.6 Å². The molecule has 2 aliphatic rings. The van der Waals surface area contributed by atoms with Gasteiger partial charge in [0.2, 0.25) is 5.91 Å². The number of nitrogens with zero attached hydrogens (tertiary/aromatic N) is 2. The van der Waals surface area contributed by atoms with Crippen LogP contribution in [0.3, 0.4) is 0 Å². The van der Waals surface area contributed by atoms with E-state index in [4.69, 9.17) is 9.47 Å². The Bertz CT molecular complexity index is 499. The zero-order chi connectivity index (χ0) is 15.4. The lowest BCUT2D eigenvalue weighted by Gasteiger charge is -2.31. The number of piperidine rings is 1. The minimum absolute atomic E-state index is 0.0935. The van der Waals surface area contributed by atoms with Gasteiger partial charge in [0.25, 0.3) is 0 Å². The molecule has 1 aromatic heterocycles. The van der Waals surface area contributed by atoms with E-state index in [0.29, 0.717) is 12.5 Å². The molecular formula is C16H24N2O3S. The third kappa shape index (κ3) is 4.06. The van der Waals surface area contributed by atoms with Crippen LogP contribution in [0, 0.1) is 6.92 Å². The predicted octanol–water partition coefficient (Wildman–Crippen LogP) is 2.35. The molecule has 5 nitrogen and oxygen atoms in total. The van der Waals surface area contributed by atoms with Crippen molar-refractivity contribution in [1.29, 1.82) is 0 Å². The fourth-order valence-electron chi connectivity index (χ4n) is 3.11. The highest BCUT2D eigenvalue weighted by molar-refractivity contribution is 7.09. The lowest BCUT2D eigenvalue weighted by atomic mass is 9.99. The number of aromatic nitrogens is 1. The fourth-order valence-corrected chi connectivity index (χ4v) is 4.04. The molecule has 0 saturated carbocycles. The maximum atomic E-state index is 12.3. The maximum absolute atomic E-state index is 12.3. The van der Waals surface area contributed by atoms with Gasteiger partial charge in [-0.25, -0.2) is 4.98 Å². The number of aryl methyl sites for hydroxylation is 1. The Morgan fingerprint density at radius 3 is 3.14 bits per heavy atom. The highest BCUT2D eigenvalue weighted by atomic mass is 32.1. The van der Waals surface area contributed by atoms with Gasteiger partial charge in [0, 0.05) is 36.7 Å². The van der Waals surface area contributed by atoms with Crippen molar-refractivity contribution in [2.45, 2.75) is 44.6 Å². The Balaban J connectivity index is 1.45. The van der Waals surface area contributed by atoms with E-state index in [1.54, 1.807) is 11.3 Å². The van der Waals surface area contributed by atoms with Gasteiger partial charge in [-0.15, -0.1) is 11.3 Å². The summed E-state index contributed by atoms with van der Waals surface area (Å²) in [5.74, 6) is 0.477. The van der Waals surface area contributed by atoms with E-state index >= 15 is 0 Å². The normalized spacial score (nSPS) is 25.6. The van der Waals surface area contributed by atoms with Crippen LogP contribution in [0.2, 0.25) is 0 Å². The molecule has 3 heterocycles. The summed E-state index contributed by atoms with van der Waals surface area (Å²) in [4.78, 5) is 18.8. The van der Waals surface area contributed by atoms with Crippen LogP contribution in [0.4, 0.5) is 0 Å². The number of carbonyl (C=O) groups is 1. The number of likely N-dealkylation sites (tertiary alicyclic amines) is 1. The van der Waals surface area contributed by atoms with Crippen molar-refractivity contribution in [1.82, 2.24) is 9.88 Å². The van der Waals surface area contributed by atoms with Gasteiger partial charge in [0.05, 0.1) is 17.7 Å². The molecule has 0 N–H and O–H groups in total. The van der Waals surface area contributed by atoms with Gasteiger partial charge in [0.1, 0.15) is 6.61 Å². The molecule has 0 aromatic carbocycles. The molecule has 22 heavy (non-hydrogen) atoms. The molecule has 0 aliphatic carbocycles. The summed E-state index contributed by atoms with van der Waals surface area (Å²) in [6.07, 6.45) is 4.49. The van der Waals surface area contributed by atoms with Crippen LogP contribution in [0.5, 0.6) is 0 Å². The second-order valence-corrected chi connectivity index (χ2v) is 7.05. The third-order valence-electron chi connectivity index (χ3n) is 4.31. The van der Waals surface area contributed by atoms with E-state index in [1.807, 2.05) is 11.8 Å². The first kappa shape index (κ1) is 15.9. The summed E-state index contributed by atoms with van der Waals surface area (Å²) in [5.41, 5.74) is 1.07. The summed E-state index contributed by atoms with van der Waals surface area (Å²) in [6.45, 7) is 5.16. The summed E-state index contributed by atoms with van der Waals surface area (Å²) in [6, 6.07) is 0. The topological polar surface area (TPSA) is 51.7 Å². The van der Waals surface area contributed by atoms with Crippen LogP contribution < -0.4 is 0 Å². The molecule has 1 amide bonds.